The molecule has 2 aromatic rings. The van der Waals surface area contributed by atoms with E-state index in [1.165, 1.54) is 24.3 Å². The summed E-state index contributed by atoms with van der Waals surface area (Å²) in [7, 11) is 0. The Morgan fingerprint density at radius 2 is 1.79 bits per heavy atom. The highest BCUT2D eigenvalue weighted by atomic mass is 19.2. The fourth-order valence-corrected chi connectivity index (χ4v) is 3.52. The second kappa shape index (κ2) is 10.1. The Morgan fingerprint density at radius 3 is 2.45 bits per heavy atom. The van der Waals surface area contributed by atoms with Gasteiger partial charge in [0.2, 0.25) is 0 Å². The van der Waals surface area contributed by atoms with Crippen LogP contribution in [0.15, 0.2) is 30.3 Å². The minimum absolute atomic E-state index is 0.000635. The van der Waals surface area contributed by atoms with Crippen LogP contribution in [-0.4, -0.2) is 26.1 Å². The molecule has 0 aliphatic carbocycles. The molecule has 2 unspecified atom stereocenters. The van der Waals surface area contributed by atoms with E-state index in [1.54, 1.807) is 13.0 Å². The summed E-state index contributed by atoms with van der Waals surface area (Å²) in [4.78, 5) is 0. The van der Waals surface area contributed by atoms with Crippen molar-refractivity contribution in [3.63, 3.8) is 0 Å². The van der Waals surface area contributed by atoms with E-state index in [1.807, 2.05) is 0 Å². The smallest absolute Gasteiger partial charge is 0.167 e. The first kappa shape index (κ1) is 21.7. The Morgan fingerprint density at radius 1 is 1.00 bits per heavy atom. The zero-order valence-electron chi connectivity index (χ0n) is 16.8. The van der Waals surface area contributed by atoms with E-state index in [0.717, 1.165) is 12.8 Å². The van der Waals surface area contributed by atoms with Crippen LogP contribution in [0.1, 0.15) is 51.0 Å². The lowest BCUT2D eigenvalue weighted by atomic mass is 9.90. The first-order valence-electron chi connectivity index (χ1n) is 10.2. The second-order valence-electron chi connectivity index (χ2n) is 7.17. The Bertz CT molecular complexity index is 817. The van der Waals surface area contributed by atoms with E-state index in [2.05, 4.69) is 6.92 Å². The molecular formula is C23H27F3O3. The molecule has 3 rings (SSSR count). The van der Waals surface area contributed by atoms with Crippen molar-refractivity contribution in [2.45, 2.75) is 51.7 Å². The van der Waals surface area contributed by atoms with Gasteiger partial charge in [0.25, 0.3) is 0 Å². The molecule has 0 spiro atoms. The topological polar surface area (TPSA) is 27.7 Å². The van der Waals surface area contributed by atoms with Gasteiger partial charge >= 0.3 is 0 Å². The summed E-state index contributed by atoms with van der Waals surface area (Å²) >= 11 is 0. The fourth-order valence-electron chi connectivity index (χ4n) is 3.52. The molecule has 1 fully saturated rings. The Hall–Kier alpha value is -2.05. The summed E-state index contributed by atoms with van der Waals surface area (Å²) in [5.41, 5.74) is 0.148. The molecule has 0 radical (unpaired) electrons. The van der Waals surface area contributed by atoms with Crippen LogP contribution < -0.4 is 4.74 Å². The quantitative estimate of drug-likeness (QED) is 0.486. The molecule has 6 heteroatoms. The van der Waals surface area contributed by atoms with Crippen molar-refractivity contribution in [1.82, 2.24) is 0 Å². The lowest BCUT2D eigenvalue weighted by Gasteiger charge is -2.29. The largest absolute Gasteiger partial charge is 0.494 e. The van der Waals surface area contributed by atoms with Gasteiger partial charge in [0.15, 0.2) is 17.9 Å². The van der Waals surface area contributed by atoms with Crippen molar-refractivity contribution in [3.8, 4) is 16.9 Å². The first-order valence-corrected chi connectivity index (χ1v) is 10.2. The van der Waals surface area contributed by atoms with Crippen molar-refractivity contribution in [3.05, 3.63) is 53.3 Å². The minimum atomic E-state index is -1.05. The summed E-state index contributed by atoms with van der Waals surface area (Å²) in [5, 5.41) is 0. The van der Waals surface area contributed by atoms with E-state index in [-0.39, 0.29) is 35.5 Å². The predicted molar refractivity (Wildman–Crippen MR) is 105 cm³/mol. The average molecular weight is 408 g/mol. The molecule has 1 saturated heterocycles. The lowest BCUT2D eigenvalue weighted by molar-refractivity contribution is -0.167. The minimum Gasteiger partial charge on any atom is -0.494 e. The van der Waals surface area contributed by atoms with Gasteiger partial charge in [-0.2, -0.15) is 0 Å². The second-order valence-corrected chi connectivity index (χ2v) is 7.17. The van der Waals surface area contributed by atoms with Crippen molar-refractivity contribution in [2.75, 3.05) is 19.8 Å². The molecule has 0 N–H and O–H groups in total. The van der Waals surface area contributed by atoms with Crippen LogP contribution in [0, 0.1) is 17.5 Å². The van der Waals surface area contributed by atoms with E-state index in [4.69, 9.17) is 14.2 Å². The average Bonchev–Trinajstić information content (AvgIpc) is 2.72. The fraction of sp³-hybridized carbons (Fsp3) is 0.478. The van der Waals surface area contributed by atoms with Gasteiger partial charge in [0.05, 0.1) is 13.2 Å². The zero-order valence-corrected chi connectivity index (χ0v) is 16.8. The van der Waals surface area contributed by atoms with Crippen molar-refractivity contribution < 1.29 is 27.4 Å². The molecule has 0 bridgehead atoms. The van der Waals surface area contributed by atoms with Crippen molar-refractivity contribution in [2.24, 2.45) is 0 Å². The lowest BCUT2D eigenvalue weighted by Crippen LogP contribution is -2.28. The maximum Gasteiger partial charge on any atom is 0.167 e. The van der Waals surface area contributed by atoms with Gasteiger partial charge in [0, 0.05) is 29.7 Å². The molecule has 1 aliphatic rings. The van der Waals surface area contributed by atoms with Gasteiger partial charge < -0.3 is 14.2 Å². The van der Waals surface area contributed by atoms with Gasteiger partial charge in [-0.05, 0) is 43.9 Å². The monoisotopic (exact) mass is 408 g/mol. The molecule has 0 saturated carbocycles. The molecule has 29 heavy (non-hydrogen) atoms. The maximum absolute atomic E-state index is 14.8. The highest BCUT2D eigenvalue weighted by Gasteiger charge is 2.27. The number of rotatable bonds is 8. The highest BCUT2D eigenvalue weighted by molar-refractivity contribution is 5.66. The molecule has 158 valence electrons. The van der Waals surface area contributed by atoms with E-state index < -0.39 is 17.5 Å². The van der Waals surface area contributed by atoms with Crippen LogP contribution in [0.4, 0.5) is 13.2 Å². The number of ether oxygens (including phenoxy) is 3. The summed E-state index contributed by atoms with van der Waals surface area (Å²) in [6, 6.07) is 7.07. The van der Waals surface area contributed by atoms with Crippen LogP contribution in [0.3, 0.4) is 0 Å². The molecule has 2 atom stereocenters. The number of hydrogen-bond acceptors (Lipinski definition) is 3. The summed E-state index contributed by atoms with van der Waals surface area (Å²) in [5.74, 6) is -2.56. The molecule has 0 aromatic heterocycles. The van der Waals surface area contributed by atoms with Crippen LogP contribution in [0.2, 0.25) is 0 Å². The third-order valence-electron chi connectivity index (χ3n) is 5.13. The molecule has 1 heterocycles. The van der Waals surface area contributed by atoms with E-state index in [9.17, 15) is 13.2 Å². The van der Waals surface area contributed by atoms with Crippen LogP contribution in [0.25, 0.3) is 11.1 Å². The van der Waals surface area contributed by atoms with Crippen LogP contribution >= 0.6 is 0 Å². The van der Waals surface area contributed by atoms with Gasteiger partial charge in [-0.1, -0.05) is 25.5 Å². The molecule has 2 aromatic carbocycles. The molecule has 0 amide bonds. The number of halogens is 3. The van der Waals surface area contributed by atoms with Gasteiger partial charge in [0.1, 0.15) is 11.6 Å². The summed E-state index contributed by atoms with van der Waals surface area (Å²) in [6.45, 7) is 5.17. The number of benzene rings is 2. The van der Waals surface area contributed by atoms with E-state index >= 15 is 0 Å². The van der Waals surface area contributed by atoms with Crippen molar-refractivity contribution >= 4 is 0 Å². The summed E-state index contributed by atoms with van der Waals surface area (Å²) < 4.78 is 60.5. The number of unbranched alkanes of at least 4 members (excludes halogenated alkanes) is 1. The van der Waals surface area contributed by atoms with Gasteiger partial charge in [-0.15, -0.1) is 0 Å². The third kappa shape index (κ3) is 5.11. The third-order valence-corrected chi connectivity index (χ3v) is 5.13. The molecule has 1 aliphatic heterocycles. The Balaban J connectivity index is 1.74. The Labute approximate surface area is 169 Å². The summed E-state index contributed by atoms with van der Waals surface area (Å²) in [6.07, 6.45) is 2.99. The normalized spacial score (nSPS) is 19.3. The SMILES string of the molecule is CCCCOC1CCC(c2ccc(-c3ccc(OCC)cc3F)c(F)c2F)CO1. The van der Waals surface area contributed by atoms with Crippen LogP contribution in [0.5, 0.6) is 5.75 Å². The van der Waals surface area contributed by atoms with Crippen molar-refractivity contribution in [1.29, 1.82) is 0 Å². The standard InChI is InChI=1S/C23H27F3O3/c1-3-5-12-28-21-11-6-15(14-29-21)17-9-10-19(23(26)22(17)25)18-8-7-16(27-4-2)13-20(18)24/h7-10,13,15,21H,3-6,11-12,14H2,1-2H3. The maximum atomic E-state index is 14.8. The van der Waals surface area contributed by atoms with Gasteiger partial charge in [-0.3, -0.25) is 0 Å². The molecular weight excluding hydrogens is 381 g/mol. The van der Waals surface area contributed by atoms with E-state index in [0.29, 0.717) is 31.8 Å². The number of hydrogen-bond donors (Lipinski definition) is 0. The van der Waals surface area contributed by atoms with Gasteiger partial charge in [-0.25, -0.2) is 13.2 Å². The van der Waals surface area contributed by atoms with Crippen LogP contribution in [-0.2, 0) is 9.47 Å². The first-order chi connectivity index (χ1) is 14.0. The Kier molecular flexibility index (Phi) is 7.56. The molecule has 3 nitrogen and oxygen atoms in total. The zero-order chi connectivity index (χ0) is 20.8. The predicted octanol–water partition coefficient (Wildman–Crippen LogP) is 6.21. The highest BCUT2D eigenvalue weighted by Crippen LogP contribution is 2.35.